The molecule has 1 nitrogen and oxygen atoms in total. The number of benzene rings is 1. The van der Waals surface area contributed by atoms with Gasteiger partial charge in [0.25, 0.3) is 0 Å². The van der Waals surface area contributed by atoms with Crippen molar-refractivity contribution < 1.29 is 17.6 Å². The average Bonchev–Trinajstić information content (AvgIpc) is 2.24. The minimum absolute atomic E-state index is 0.161. The standard InChI is InChI=1S/C13H15F4N/c1-11(14)6-12(7-11,8-18)9-3-2-4-10(5-9)13(15,16)17/h2-5H,6-8,18H2,1H3. The van der Waals surface area contributed by atoms with Crippen LogP contribution < -0.4 is 5.73 Å². The van der Waals surface area contributed by atoms with E-state index in [1.54, 1.807) is 6.07 Å². The van der Waals surface area contributed by atoms with Crippen molar-refractivity contribution in [2.45, 2.75) is 37.0 Å². The molecule has 0 spiro atoms. The van der Waals surface area contributed by atoms with Crippen molar-refractivity contribution in [1.82, 2.24) is 0 Å². The summed E-state index contributed by atoms with van der Waals surface area (Å²) in [5.41, 5.74) is 3.43. The van der Waals surface area contributed by atoms with E-state index >= 15 is 0 Å². The molecule has 1 aliphatic carbocycles. The highest BCUT2D eigenvalue weighted by atomic mass is 19.4. The first kappa shape index (κ1) is 13.3. The lowest BCUT2D eigenvalue weighted by Gasteiger charge is -2.50. The third kappa shape index (κ3) is 2.23. The first-order valence-electron chi connectivity index (χ1n) is 5.75. The molecular weight excluding hydrogens is 246 g/mol. The fourth-order valence-electron chi connectivity index (χ4n) is 2.85. The molecule has 0 bridgehead atoms. The van der Waals surface area contributed by atoms with Crippen molar-refractivity contribution in [2.24, 2.45) is 5.73 Å². The summed E-state index contributed by atoms with van der Waals surface area (Å²) in [6.45, 7) is 1.61. The Hall–Kier alpha value is -1.10. The van der Waals surface area contributed by atoms with Gasteiger partial charge < -0.3 is 5.73 Å². The molecule has 18 heavy (non-hydrogen) atoms. The van der Waals surface area contributed by atoms with Gasteiger partial charge in [0.1, 0.15) is 5.67 Å². The van der Waals surface area contributed by atoms with Gasteiger partial charge in [0.05, 0.1) is 5.56 Å². The van der Waals surface area contributed by atoms with Gasteiger partial charge in [0, 0.05) is 12.0 Å². The largest absolute Gasteiger partial charge is 0.416 e. The Morgan fingerprint density at radius 2 is 1.89 bits per heavy atom. The summed E-state index contributed by atoms with van der Waals surface area (Å²) in [6, 6.07) is 5.05. The topological polar surface area (TPSA) is 26.0 Å². The lowest BCUT2D eigenvalue weighted by Crippen LogP contribution is -2.54. The van der Waals surface area contributed by atoms with Crippen molar-refractivity contribution in [1.29, 1.82) is 0 Å². The Morgan fingerprint density at radius 3 is 2.33 bits per heavy atom. The minimum atomic E-state index is -4.38. The monoisotopic (exact) mass is 261 g/mol. The molecule has 0 radical (unpaired) electrons. The highest BCUT2D eigenvalue weighted by molar-refractivity contribution is 5.36. The SMILES string of the molecule is CC1(F)CC(CN)(c2cccc(C(F)(F)F)c2)C1. The maximum absolute atomic E-state index is 13.6. The van der Waals surface area contributed by atoms with Gasteiger partial charge in [-0.2, -0.15) is 13.2 Å². The maximum atomic E-state index is 13.6. The first-order chi connectivity index (χ1) is 8.19. The molecule has 2 rings (SSSR count). The molecule has 0 amide bonds. The van der Waals surface area contributed by atoms with Gasteiger partial charge in [-0.25, -0.2) is 4.39 Å². The van der Waals surface area contributed by atoms with Crippen LogP contribution in [-0.4, -0.2) is 12.2 Å². The van der Waals surface area contributed by atoms with Crippen LogP contribution in [-0.2, 0) is 11.6 Å². The number of halogens is 4. The molecule has 0 saturated heterocycles. The second-order valence-electron chi connectivity index (χ2n) is 5.33. The second kappa shape index (κ2) is 3.95. The van der Waals surface area contributed by atoms with E-state index in [-0.39, 0.29) is 19.4 Å². The molecule has 100 valence electrons. The van der Waals surface area contributed by atoms with Crippen molar-refractivity contribution in [2.75, 3.05) is 6.54 Å². The summed E-state index contributed by atoms with van der Waals surface area (Å²) in [4.78, 5) is 0. The predicted molar refractivity (Wildman–Crippen MR) is 60.9 cm³/mol. The van der Waals surface area contributed by atoms with Crippen LogP contribution in [0.15, 0.2) is 24.3 Å². The van der Waals surface area contributed by atoms with E-state index in [0.29, 0.717) is 5.56 Å². The lowest BCUT2D eigenvalue weighted by atomic mass is 9.57. The van der Waals surface area contributed by atoms with E-state index in [1.807, 2.05) is 0 Å². The van der Waals surface area contributed by atoms with Crippen LogP contribution in [0, 0.1) is 0 Å². The van der Waals surface area contributed by atoms with Gasteiger partial charge >= 0.3 is 6.18 Å². The number of rotatable bonds is 2. The fourth-order valence-corrected chi connectivity index (χ4v) is 2.85. The van der Waals surface area contributed by atoms with Crippen molar-refractivity contribution in [3.8, 4) is 0 Å². The van der Waals surface area contributed by atoms with E-state index in [4.69, 9.17) is 5.73 Å². The van der Waals surface area contributed by atoms with Crippen LogP contribution in [0.2, 0.25) is 0 Å². The van der Waals surface area contributed by atoms with Crippen LogP contribution in [0.1, 0.15) is 30.9 Å². The Bertz CT molecular complexity index is 443. The van der Waals surface area contributed by atoms with Gasteiger partial charge in [-0.05, 0) is 31.4 Å². The summed E-state index contributed by atoms with van der Waals surface area (Å²) >= 11 is 0. The highest BCUT2D eigenvalue weighted by Crippen LogP contribution is 2.52. The van der Waals surface area contributed by atoms with Gasteiger partial charge in [-0.3, -0.25) is 0 Å². The van der Waals surface area contributed by atoms with Gasteiger partial charge in [-0.15, -0.1) is 0 Å². The third-order valence-electron chi connectivity index (χ3n) is 3.61. The number of hydrogen-bond donors (Lipinski definition) is 1. The Labute approximate surface area is 103 Å². The minimum Gasteiger partial charge on any atom is -0.330 e. The summed E-state index contributed by atoms with van der Waals surface area (Å²) in [5.74, 6) is 0. The smallest absolute Gasteiger partial charge is 0.330 e. The molecular formula is C13H15F4N. The second-order valence-corrected chi connectivity index (χ2v) is 5.33. The molecule has 0 atom stereocenters. The predicted octanol–water partition coefficient (Wildman–Crippen LogP) is 3.42. The van der Waals surface area contributed by atoms with Gasteiger partial charge in [0.2, 0.25) is 0 Å². The molecule has 1 fully saturated rings. The van der Waals surface area contributed by atoms with E-state index in [0.717, 1.165) is 12.1 Å². The van der Waals surface area contributed by atoms with E-state index < -0.39 is 22.8 Å². The number of alkyl halides is 4. The average molecular weight is 261 g/mol. The Balaban J connectivity index is 2.34. The summed E-state index contributed by atoms with van der Waals surface area (Å²) in [6.07, 6.45) is -4.02. The van der Waals surface area contributed by atoms with Crippen molar-refractivity contribution >= 4 is 0 Å². The Morgan fingerprint density at radius 1 is 1.28 bits per heavy atom. The molecule has 0 unspecified atom stereocenters. The summed E-state index contributed by atoms with van der Waals surface area (Å²) in [5, 5.41) is 0. The zero-order chi connectivity index (χ0) is 13.6. The van der Waals surface area contributed by atoms with E-state index in [2.05, 4.69) is 0 Å². The molecule has 0 aliphatic heterocycles. The number of hydrogen-bond acceptors (Lipinski definition) is 1. The zero-order valence-electron chi connectivity index (χ0n) is 10.0. The lowest BCUT2D eigenvalue weighted by molar-refractivity contribution is -0.137. The van der Waals surface area contributed by atoms with Crippen LogP contribution in [0.4, 0.5) is 17.6 Å². The summed E-state index contributed by atoms with van der Waals surface area (Å²) in [7, 11) is 0. The highest BCUT2D eigenvalue weighted by Gasteiger charge is 2.53. The third-order valence-corrected chi connectivity index (χ3v) is 3.61. The van der Waals surface area contributed by atoms with Gasteiger partial charge in [0.15, 0.2) is 0 Å². The molecule has 2 N–H and O–H groups in total. The fraction of sp³-hybridized carbons (Fsp3) is 0.538. The van der Waals surface area contributed by atoms with E-state index in [1.165, 1.54) is 13.0 Å². The normalized spacial score (nSPS) is 32.1. The quantitative estimate of drug-likeness (QED) is 0.811. The molecule has 0 heterocycles. The first-order valence-corrected chi connectivity index (χ1v) is 5.75. The van der Waals surface area contributed by atoms with Crippen LogP contribution in [0.5, 0.6) is 0 Å². The van der Waals surface area contributed by atoms with Gasteiger partial charge in [-0.1, -0.05) is 18.2 Å². The molecule has 1 aromatic carbocycles. The van der Waals surface area contributed by atoms with E-state index in [9.17, 15) is 17.6 Å². The molecule has 5 heteroatoms. The maximum Gasteiger partial charge on any atom is 0.416 e. The van der Waals surface area contributed by atoms with Crippen LogP contribution in [0.3, 0.4) is 0 Å². The zero-order valence-corrected chi connectivity index (χ0v) is 10.0. The van der Waals surface area contributed by atoms with Crippen molar-refractivity contribution in [3.05, 3.63) is 35.4 Å². The Kier molecular flexibility index (Phi) is 2.93. The number of nitrogens with two attached hydrogens (primary N) is 1. The van der Waals surface area contributed by atoms with Crippen LogP contribution >= 0.6 is 0 Å². The van der Waals surface area contributed by atoms with Crippen molar-refractivity contribution in [3.63, 3.8) is 0 Å². The molecule has 1 aromatic rings. The molecule has 1 saturated carbocycles. The summed E-state index contributed by atoms with van der Waals surface area (Å²) < 4.78 is 51.5. The van der Waals surface area contributed by atoms with Crippen LogP contribution in [0.25, 0.3) is 0 Å². The molecule has 0 aromatic heterocycles. The molecule has 1 aliphatic rings.